The molecule has 7 heteroatoms. The molecule has 3 heterocycles. The van der Waals surface area contributed by atoms with Gasteiger partial charge in [0.25, 0.3) is 0 Å². The van der Waals surface area contributed by atoms with Gasteiger partial charge in [-0.2, -0.15) is 0 Å². The minimum atomic E-state index is -0.540. The number of pyridine rings is 1. The van der Waals surface area contributed by atoms with Crippen LogP contribution in [-0.4, -0.2) is 15.5 Å². The lowest BCUT2D eigenvalue weighted by molar-refractivity contribution is -0.121. The Morgan fingerprint density at radius 3 is 2.88 bits per heavy atom. The predicted octanol–water partition coefficient (Wildman–Crippen LogP) is 3.03. The topological polar surface area (TPSA) is 77.1 Å². The standard InChI is InChI=1S/C19H15N3O3S/c23-17(12-22-14-6-1-2-7-15(14)25-19(22)24)21-11-13-5-3-9-20-18(13)16-8-4-10-26-16/h1-10H,11-12H2,(H,21,23). The number of amides is 1. The second-order valence-corrected chi connectivity index (χ2v) is 6.63. The van der Waals surface area contributed by atoms with Gasteiger partial charge in [-0.05, 0) is 35.2 Å². The van der Waals surface area contributed by atoms with Crippen molar-refractivity contribution >= 4 is 28.3 Å². The molecule has 1 N–H and O–H groups in total. The highest BCUT2D eigenvalue weighted by molar-refractivity contribution is 7.13. The molecule has 4 aromatic rings. The third-order valence-electron chi connectivity index (χ3n) is 4.00. The molecule has 26 heavy (non-hydrogen) atoms. The van der Waals surface area contributed by atoms with E-state index in [4.69, 9.17) is 4.42 Å². The van der Waals surface area contributed by atoms with Crippen LogP contribution < -0.4 is 11.1 Å². The number of carbonyl (C=O) groups excluding carboxylic acids is 1. The minimum Gasteiger partial charge on any atom is -0.408 e. The average molecular weight is 365 g/mol. The van der Waals surface area contributed by atoms with Crippen LogP contribution in [0.25, 0.3) is 21.7 Å². The second-order valence-electron chi connectivity index (χ2n) is 5.69. The summed E-state index contributed by atoms with van der Waals surface area (Å²) < 4.78 is 6.48. The summed E-state index contributed by atoms with van der Waals surface area (Å²) >= 11 is 1.60. The zero-order valence-corrected chi connectivity index (χ0v) is 14.5. The maximum absolute atomic E-state index is 12.3. The highest BCUT2D eigenvalue weighted by atomic mass is 32.1. The van der Waals surface area contributed by atoms with Crippen LogP contribution in [0, 0.1) is 0 Å². The van der Waals surface area contributed by atoms with E-state index in [1.165, 1.54) is 4.57 Å². The number of nitrogens with zero attached hydrogens (tertiary/aromatic N) is 2. The van der Waals surface area contributed by atoms with E-state index < -0.39 is 5.76 Å². The molecule has 0 aliphatic carbocycles. The Kier molecular flexibility index (Phi) is 4.37. The van der Waals surface area contributed by atoms with E-state index in [1.54, 1.807) is 41.8 Å². The molecule has 0 fully saturated rings. The van der Waals surface area contributed by atoms with E-state index in [2.05, 4.69) is 10.3 Å². The Hall–Kier alpha value is -3.19. The van der Waals surface area contributed by atoms with Crippen molar-refractivity contribution in [1.29, 1.82) is 0 Å². The van der Waals surface area contributed by atoms with Gasteiger partial charge in [-0.1, -0.05) is 24.3 Å². The summed E-state index contributed by atoms with van der Waals surface area (Å²) in [5.41, 5.74) is 2.85. The normalized spacial score (nSPS) is 10.9. The van der Waals surface area contributed by atoms with Crippen molar-refractivity contribution in [1.82, 2.24) is 14.9 Å². The van der Waals surface area contributed by atoms with Crippen molar-refractivity contribution in [3.8, 4) is 10.6 Å². The molecular weight excluding hydrogens is 350 g/mol. The molecule has 3 aromatic heterocycles. The van der Waals surface area contributed by atoms with Crippen molar-refractivity contribution in [2.24, 2.45) is 0 Å². The third kappa shape index (κ3) is 3.16. The molecule has 0 atom stereocenters. The van der Waals surface area contributed by atoms with Gasteiger partial charge in [0.15, 0.2) is 5.58 Å². The van der Waals surface area contributed by atoms with Crippen molar-refractivity contribution in [3.63, 3.8) is 0 Å². The second kappa shape index (κ2) is 6.97. The fourth-order valence-corrected chi connectivity index (χ4v) is 3.53. The van der Waals surface area contributed by atoms with Gasteiger partial charge in [0.1, 0.15) is 6.54 Å². The van der Waals surface area contributed by atoms with Gasteiger partial charge < -0.3 is 9.73 Å². The van der Waals surface area contributed by atoms with Crippen molar-refractivity contribution in [2.75, 3.05) is 0 Å². The first kappa shape index (κ1) is 16.3. The van der Waals surface area contributed by atoms with E-state index in [0.29, 0.717) is 17.6 Å². The number of hydrogen-bond donors (Lipinski definition) is 1. The van der Waals surface area contributed by atoms with Crippen LogP contribution in [0.5, 0.6) is 0 Å². The van der Waals surface area contributed by atoms with E-state index in [-0.39, 0.29) is 12.5 Å². The van der Waals surface area contributed by atoms with E-state index in [1.807, 2.05) is 29.6 Å². The quantitative estimate of drug-likeness (QED) is 0.590. The molecule has 130 valence electrons. The Labute approximate surface area is 152 Å². The van der Waals surface area contributed by atoms with Gasteiger partial charge in [-0.25, -0.2) is 4.79 Å². The lowest BCUT2D eigenvalue weighted by Crippen LogP contribution is -2.30. The first-order valence-electron chi connectivity index (χ1n) is 8.05. The zero-order chi connectivity index (χ0) is 17.9. The molecule has 0 spiro atoms. The first-order valence-corrected chi connectivity index (χ1v) is 8.93. The molecule has 0 bridgehead atoms. The van der Waals surface area contributed by atoms with Crippen LogP contribution in [0.3, 0.4) is 0 Å². The fourth-order valence-electron chi connectivity index (χ4n) is 2.77. The van der Waals surface area contributed by atoms with E-state index in [0.717, 1.165) is 16.1 Å². The molecule has 1 aromatic carbocycles. The Morgan fingerprint density at radius 2 is 2.04 bits per heavy atom. The SMILES string of the molecule is O=C(Cn1c(=O)oc2ccccc21)NCc1cccnc1-c1cccs1. The Morgan fingerprint density at radius 1 is 1.15 bits per heavy atom. The Balaban J connectivity index is 1.50. The predicted molar refractivity (Wildman–Crippen MR) is 99.9 cm³/mol. The van der Waals surface area contributed by atoms with Crippen molar-refractivity contribution < 1.29 is 9.21 Å². The minimum absolute atomic E-state index is 0.0928. The number of oxazole rings is 1. The van der Waals surface area contributed by atoms with Crippen LogP contribution in [0.2, 0.25) is 0 Å². The molecule has 0 aliphatic rings. The van der Waals surface area contributed by atoms with E-state index >= 15 is 0 Å². The highest BCUT2D eigenvalue weighted by Gasteiger charge is 2.13. The average Bonchev–Trinajstić information content (AvgIpc) is 3.29. The van der Waals surface area contributed by atoms with Gasteiger partial charge >= 0.3 is 5.76 Å². The highest BCUT2D eigenvalue weighted by Crippen LogP contribution is 2.25. The van der Waals surface area contributed by atoms with Crippen LogP contribution in [0.4, 0.5) is 0 Å². The van der Waals surface area contributed by atoms with E-state index in [9.17, 15) is 9.59 Å². The first-order chi connectivity index (χ1) is 12.7. The molecule has 1 amide bonds. The summed E-state index contributed by atoms with van der Waals surface area (Å²) in [5, 5.41) is 4.84. The Bertz CT molecular complexity index is 1110. The maximum atomic E-state index is 12.3. The van der Waals surface area contributed by atoms with Crippen molar-refractivity contribution in [2.45, 2.75) is 13.1 Å². The molecule has 0 saturated heterocycles. The van der Waals surface area contributed by atoms with Gasteiger partial charge in [0.2, 0.25) is 5.91 Å². The number of fused-ring (bicyclic) bond motifs is 1. The van der Waals surface area contributed by atoms with Crippen molar-refractivity contribution in [3.05, 3.63) is 76.2 Å². The fraction of sp³-hybridized carbons (Fsp3) is 0.105. The lowest BCUT2D eigenvalue weighted by atomic mass is 10.1. The van der Waals surface area contributed by atoms with Crippen LogP contribution in [0.1, 0.15) is 5.56 Å². The smallest absolute Gasteiger partial charge is 0.408 e. The molecular formula is C19H15N3O3S. The number of thiophene rings is 1. The van der Waals surface area contributed by atoms with Gasteiger partial charge in [0.05, 0.1) is 16.1 Å². The number of carbonyl (C=O) groups is 1. The van der Waals surface area contributed by atoms with Gasteiger partial charge in [-0.3, -0.25) is 14.3 Å². The zero-order valence-electron chi connectivity index (χ0n) is 13.7. The molecule has 6 nitrogen and oxygen atoms in total. The summed E-state index contributed by atoms with van der Waals surface area (Å²) in [6, 6.07) is 14.8. The molecule has 0 saturated carbocycles. The number of nitrogens with one attached hydrogen (secondary N) is 1. The van der Waals surface area contributed by atoms with Gasteiger partial charge in [0, 0.05) is 12.7 Å². The van der Waals surface area contributed by atoms with Crippen LogP contribution >= 0.6 is 11.3 Å². The number of hydrogen-bond acceptors (Lipinski definition) is 5. The number of aromatic nitrogens is 2. The van der Waals surface area contributed by atoms with Gasteiger partial charge in [-0.15, -0.1) is 11.3 Å². The summed E-state index contributed by atoms with van der Waals surface area (Å²) in [6.07, 6.45) is 1.73. The monoisotopic (exact) mass is 365 g/mol. The summed E-state index contributed by atoms with van der Waals surface area (Å²) in [6.45, 7) is 0.245. The molecule has 0 aliphatic heterocycles. The van der Waals surface area contributed by atoms with Crippen LogP contribution in [0.15, 0.2) is 69.3 Å². The lowest BCUT2D eigenvalue weighted by Gasteiger charge is -2.09. The largest absolute Gasteiger partial charge is 0.420 e. The number of benzene rings is 1. The summed E-state index contributed by atoms with van der Waals surface area (Å²) in [4.78, 5) is 29.8. The van der Waals surface area contributed by atoms with Crippen LogP contribution in [-0.2, 0) is 17.9 Å². The third-order valence-corrected chi connectivity index (χ3v) is 4.87. The number of rotatable bonds is 5. The molecule has 4 rings (SSSR count). The molecule has 0 radical (unpaired) electrons. The molecule has 0 unspecified atom stereocenters. The summed E-state index contributed by atoms with van der Waals surface area (Å²) in [5.74, 6) is -0.804. The summed E-state index contributed by atoms with van der Waals surface area (Å²) in [7, 11) is 0. The maximum Gasteiger partial charge on any atom is 0.420 e. The number of para-hydroxylation sites is 2.